The number of carbonyl (C=O) groups excluding carboxylic acids is 2. The van der Waals surface area contributed by atoms with Crippen LogP contribution in [0.25, 0.3) is 0 Å². The van der Waals surface area contributed by atoms with Gasteiger partial charge in [0.05, 0.1) is 19.4 Å². The second-order valence-corrected chi connectivity index (χ2v) is 8.15. The molecule has 0 spiro atoms. The van der Waals surface area contributed by atoms with Crippen LogP contribution < -0.4 is 15.4 Å². The predicted octanol–water partition coefficient (Wildman–Crippen LogP) is 3.93. The van der Waals surface area contributed by atoms with Crippen LogP contribution in [0.4, 0.5) is 5.69 Å². The Morgan fingerprint density at radius 3 is 2.59 bits per heavy atom. The minimum Gasteiger partial charge on any atom is -0.497 e. The van der Waals surface area contributed by atoms with E-state index in [0.29, 0.717) is 39.5 Å². The van der Waals surface area contributed by atoms with E-state index in [9.17, 15) is 9.59 Å². The Bertz CT molecular complexity index is 1100. The van der Waals surface area contributed by atoms with Gasteiger partial charge in [-0.2, -0.15) is 0 Å². The second kappa shape index (κ2) is 11.0. The van der Waals surface area contributed by atoms with Gasteiger partial charge >= 0.3 is 0 Å². The summed E-state index contributed by atoms with van der Waals surface area (Å²) in [6.07, 6.45) is 0. The molecule has 0 fully saturated rings. The molecular weight excluding hydrogens is 450 g/mol. The fraction of sp³-hybridized carbons (Fsp3) is 0.273. The van der Waals surface area contributed by atoms with Gasteiger partial charge in [-0.3, -0.25) is 9.59 Å². The van der Waals surface area contributed by atoms with Crippen molar-refractivity contribution in [3.05, 3.63) is 64.4 Å². The molecule has 2 N–H and O–H groups in total. The van der Waals surface area contributed by atoms with E-state index in [4.69, 9.17) is 16.3 Å². The molecule has 0 radical (unpaired) electrons. The van der Waals surface area contributed by atoms with Crippen LogP contribution in [0.3, 0.4) is 0 Å². The van der Waals surface area contributed by atoms with Crippen molar-refractivity contribution in [3.63, 3.8) is 0 Å². The zero-order valence-corrected chi connectivity index (χ0v) is 19.6. The van der Waals surface area contributed by atoms with Crippen molar-refractivity contribution < 1.29 is 14.3 Å². The minimum atomic E-state index is -0.219. The molecule has 0 saturated heterocycles. The van der Waals surface area contributed by atoms with E-state index in [2.05, 4.69) is 20.8 Å². The van der Waals surface area contributed by atoms with Gasteiger partial charge in [0, 0.05) is 22.8 Å². The zero-order chi connectivity index (χ0) is 23.1. The lowest BCUT2D eigenvalue weighted by atomic mass is 10.2. The van der Waals surface area contributed by atoms with Crippen LogP contribution in [0.1, 0.15) is 28.7 Å². The normalized spacial score (nSPS) is 10.6. The monoisotopic (exact) mass is 473 g/mol. The lowest BCUT2D eigenvalue weighted by molar-refractivity contribution is -0.113. The highest BCUT2D eigenvalue weighted by Gasteiger charge is 2.15. The van der Waals surface area contributed by atoms with Gasteiger partial charge in [-0.25, -0.2) is 0 Å². The number of ether oxygens (including phenoxy) is 1. The van der Waals surface area contributed by atoms with E-state index in [1.807, 2.05) is 24.5 Å². The molecule has 0 aliphatic carbocycles. The highest BCUT2D eigenvalue weighted by Crippen LogP contribution is 2.24. The van der Waals surface area contributed by atoms with Crippen molar-refractivity contribution in [1.29, 1.82) is 0 Å². The van der Waals surface area contributed by atoms with Crippen LogP contribution in [0.5, 0.6) is 5.75 Å². The third-order valence-electron chi connectivity index (χ3n) is 4.74. The number of halogens is 1. The molecule has 168 valence electrons. The van der Waals surface area contributed by atoms with Crippen molar-refractivity contribution in [2.24, 2.45) is 0 Å². The smallest absolute Gasteiger partial charge is 0.251 e. The number of aromatic nitrogens is 3. The summed E-state index contributed by atoms with van der Waals surface area (Å²) in [6.45, 7) is 4.64. The third-order valence-corrected chi connectivity index (χ3v) is 6.12. The maximum atomic E-state index is 12.4. The Labute approximate surface area is 195 Å². The van der Waals surface area contributed by atoms with Gasteiger partial charge in [-0.15, -0.1) is 10.2 Å². The summed E-state index contributed by atoms with van der Waals surface area (Å²) in [7, 11) is 1.57. The van der Waals surface area contributed by atoms with Gasteiger partial charge in [0.2, 0.25) is 5.91 Å². The van der Waals surface area contributed by atoms with Crippen LogP contribution >= 0.6 is 23.4 Å². The van der Waals surface area contributed by atoms with Crippen molar-refractivity contribution in [2.75, 3.05) is 18.2 Å². The average molecular weight is 474 g/mol. The van der Waals surface area contributed by atoms with Gasteiger partial charge in [-0.1, -0.05) is 29.4 Å². The van der Waals surface area contributed by atoms with E-state index in [1.54, 1.807) is 43.5 Å². The molecule has 3 rings (SSSR count). The first-order valence-corrected chi connectivity index (χ1v) is 11.3. The first-order valence-electron chi connectivity index (χ1n) is 9.95. The van der Waals surface area contributed by atoms with E-state index in [1.165, 1.54) is 11.8 Å². The van der Waals surface area contributed by atoms with Gasteiger partial charge in [0.1, 0.15) is 5.75 Å². The molecule has 32 heavy (non-hydrogen) atoms. The summed E-state index contributed by atoms with van der Waals surface area (Å²) in [5.41, 5.74) is 2.03. The molecular formula is C22H24ClN5O3S. The molecule has 0 saturated carbocycles. The van der Waals surface area contributed by atoms with Crippen molar-refractivity contribution in [3.8, 4) is 5.75 Å². The summed E-state index contributed by atoms with van der Waals surface area (Å²) >= 11 is 7.39. The number of nitrogens with one attached hydrogen (secondary N) is 2. The minimum absolute atomic E-state index is 0.166. The number of anilines is 1. The highest BCUT2D eigenvalue weighted by molar-refractivity contribution is 7.99. The third kappa shape index (κ3) is 5.80. The van der Waals surface area contributed by atoms with E-state index in [-0.39, 0.29) is 24.1 Å². The van der Waals surface area contributed by atoms with Gasteiger partial charge in [0.25, 0.3) is 5.91 Å². The zero-order valence-electron chi connectivity index (χ0n) is 18.0. The maximum Gasteiger partial charge on any atom is 0.251 e. The Hall–Kier alpha value is -3.04. The first kappa shape index (κ1) is 23.6. The predicted molar refractivity (Wildman–Crippen MR) is 125 cm³/mol. The Kier molecular flexibility index (Phi) is 8.13. The number of thioether (sulfide) groups is 1. The summed E-state index contributed by atoms with van der Waals surface area (Å²) in [5, 5.41) is 15.3. The molecule has 0 aliphatic rings. The number of amides is 2. The van der Waals surface area contributed by atoms with E-state index in [0.717, 1.165) is 5.56 Å². The van der Waals surface area contributed by atoms with Gasteiger partial charge in [0.15, 0.2) is 11.0 Å². The standard InChI is InChI=1S/C22H24ClN5O3S/c1-4-28-19(12-24-21(30)15-8-10-16(31-3)11-9-15)26-27-22(28)32-13-20(29)25-18-7-5-6-17(23)14(18)2/h5-11H,4,12-13H2,1-3H3,(H,24,30)(H,25,29). The second-order valence-electron chi connectivity index (χ2n) is 6.80. The quantitative estimate of drug-likeness (QED) is 0.457. The van der Waals surface area contributed by atoms with E-state index < -0.39 is 0 Å². The number of nitrogens with zero attached hydrogens (tertiary/aromatic N) is 3. The largest absolute Gasteiger partial charge is 0.497 e. The van der Waals surface area contributed by atoms with E-state index >= 15 is 0 Å². The number of rotatable bonds is 9. The summed E-state index contributed by atoms with van der Waals surface area (Å²) in [4.78, 5) is 24.8. The molecule has 2 aromatic carbocycles. The van der Waals surface area contributed by atoms with Crippen molar-refractivity contribution in [2.45, 2.75) is 32.1 Å². The molecule has 2 amide bonds. The highest BCUT2D eigenvalue weighted by atomic mass is 35.5. The number of hydrogen-bond donors (Lipinski definition) is 2. The lowest BCUT2D eigenvalue weighted by Gasteiger charge is -2.10. The van der Waals surface area contributed by atoms with Gasteiger partial charge < -0.3 is 19.9 Å². The summed E-state index contributed by atoms with van der Waals surface area (Å²) < 4.78 is 6.98. The van der Waals surface area contributed by atoms with Crippen LogP contribution in [-0.2, 0) is 17.9 Å². The van der Waals surface area contributed by atoms with Crippen molar-refractivity contribution in [1.82, 2.24) is 20.1 Å². The number of hydrogen-bond acceptors (Lipinski definition) is 6. The summed E-state index contributed by atoms with van der Waals surface area (Å²) in [6, 6.07) is 12.2. The van der Waals surface area contributed by atoms with Gasteiger partial charge in [-0.05, 0) is 55.8 Å². The molecule has 0 unspecified atom stereocenters. The molecule has 0 atom stereocenters. The molecule has 10 heteroatoms. The Balaban J connectivity index is 1.57. The molecule has 0 aliphatic heterocycles. The molecule has 1 heterocycles. The average Bonchev–Trinajstić information content (AvgIpc) is 3.21. The number of benzene rings is 2. The number of carbonyl (C=O) groups is 2. The van der Waals surface area contributed by atoms with Crippen LogP contribution in [0, 0.1) is 6.92 Å². The van der Waals surface area contributed by atoms with Crippen molar-refractivity contribution >= 4 is 40.9 Å². The molecule has 1 aromatic heterocycles. The molecule has 8 nitrogen and oxygen atoms in total. The topological polar surface area (TPSA) is 98.1 Å². The Morgan fingerprint density at radius 1 is 1.16 bits per heavy atom. The lowest BCUT2D eigenvalue weighted by Crippen LogP contribution is -2.24. The van der Waals surface area contributed by atoms with Crippen LogP contribution in [0.2, 0.25) is 5.02 Å². The first-order chi connectivity index (χ1) is 15.4. The molecule has 3 aromatic rings. The van der Waals surface area contributed by atoms with Crippen LogP contribution in [0.15, 0.2) is 47.6 Å². The Morgan fingerprint density at radius 2 is 1.91 bits per heavy atom. The summed E-state index contributed by atoms with van der Waals surface area (Å²) in [5.74, 6) is 1.08. The number of methoxy groups -OCH3 is 1. The maximum absolute atomic E-state index is 12.4. The SMILES string of the molecule is CCn1c(CNC(=O)c2ccc(OC)cc2)nnc1SCC(=O)Nc1cccc(Cl)c1C. The fourth-order valence-corrected chi connectivity index (χ4v) is 3.93. The fourth-order valence-electron chi connectivity index (χ4n) is 2.94. The van der Waals surface area contributed by atoms with Crippen LogP contribution in [-0.4, -0.2) is 39.4 Å². The molecule has 0 bridgehead atoms.